The molecular formula is C24H23F3N4O4. The van der Waals surface area contributed by atoms with Crippen LogP contribution in [0.5, 0.6) is 5.75 Å². The standard InChI is InChI=1S/C24H23F3N4O4/c1-34-22(32)18(13-15-7-3-2-4-8-15)30-23(33)31-12-11-17-20(29-14-28-17)21(31)16-9-5-6-10-19(16)35-24(25,26)27/h2-10,14,18,21H,11-13H2,1H3,(H,28,29)(H,30,33)/t18-,21-/m1/s1. The summed E-state index contributed by atoms with van der Waals surface area (Å²) in [5.41, 5.74) is 2.03. The van der Waals surface area contributed by atoms with Crippen LogP contribution >= 0.6 is 0 Å². The molecule has 0 bridgehead atoms. The molecule has 2 N–H and O–H groups in total. The van der Waals surface area contributed by atoms with Gasteiger partial charge in [-0.3, -0.25) is 0 Å². The first-order valence-electron chi connectivity index (χ1n) is 10.8. The van der Waals surface area contributed by atoms with Crippen LogP contribution in [0.2, 0.25) is 0 Å². The number of nitrogens with zero attached hydrogens (tertiary/aromatic N) is 2. The van der Waals surface area contributed by atoms with Gasteiger partial charge in [-0.1, -0.05) is 48.5 Å². The minimum atomic E-state index is -4.92. The number of hydrogen-bond donors (Lipinski definition) is 2. The SMILES string of the molecule is COC(=O)[C@@H](Cc1ccccc1)NC(=O)N1CCc2[nH]cnc2[C@H]1c1ccccc1OC(F)(F)F. The summed E-state index contributed by atoms with van der Waals surface area (Å²) in [5, 5.41) is 2.69. The second-order valence-corrected chi connectivity index (χ2v) is 7.91. The van der Waals surface area contributed by atoms with Crippen LogP contribution < -0.4 is 10.1 Å². The van der Waals surface area contributed by atoms with E-state index in [2.05, 4.69) is 20.0 Å². The van der Waals surface area contributed by atoms with Crippen molar-refractivity contribution in [2.24, 2.45) is 0 Å². The van der Waals surface area contributed by atoms with Gasteiger partial charge in [-0.05, 0) is 11.6 Å². The lowest BCUT2D eigenvalue weighted by Gasteiger charge is -2.36. The number of rotatable bonds is 6. The largest absolute Gasteiger partial charge is 0.573 e. The molecule has 35 heavy (non-hydrogen) atoms. The number of alkyl halides is 3. The minimum absolute atomic E-state index is 0.116. The van der Waals surface area contributed by atoms with Gasteiger partial charge in [0.1, 0.15) is 17.8 Å². The molecule has 3 aromatic rings. The van der Waals surface area contributed by atoms with Crippen molar-refractivity contribution in [1.82, 2.24) is 20.2 Å². The summed E-state index contributed by atoms with van der Waals surface area (Å²) < 4.78 is 48.4. The van der Waals surface area contributed by atoms with Crippen LogP contribution in [0.3, 0.4) is 0 Å². The Kier molecular flexibility index (Phi) is 6.94. The van der Waals surface area contributed by atoms with Gasteiger partial charge in [0.05, 0.1) is 19.1 Å². The van der Waals surface area contributed by atoms with Crippen LogP contribution in [0.4, 0.5) is 18.0 Å². The van der Waals surface area contributed by atoms with Crippen molar-refractivity contribution in [3.63, 3.8) is 0 Å². The third-order valence-corrected chi connectivity index (χ3v) is 5.69. The summed E-state index contributed by atoms with van der Waals surface area (Å²) in [7, 11) is 1.22. The number of para-hydroxylation sites is 1. The van der Waals surface area contributed by atoms with E-state index in [1.54, 1.807) is 6.07 Å². The van der Waals surface area contributed by atoms with Crippen LogP contribution in [0.15, 0.2) is 60.9 Å². The molecule has 1 aromatic heterocycles. The number of fused-ring (bicyclic) bond motifs is 1. The van der Waals surface area contributed by atoms with Gasteiger partial charge in [0.15, 0.2) is 0 Å². The maximum absolute atomic E-state index is 13.4. The second kappa shape index (κ2) is 10.1. The van der Waals surface area contributed by atoms with E-state index >= 15 is 0 Å². The number of esters is 1. The number of benzene rings is 2. The molecule has 2 aromatic carbocycles. The van der Waals surface area contributed by atoms with Gasteiger partial charge in [-0.25, -0.2) is 14.6 Å². The van der Waals surface area contributed by atoms with E-state index in [0.717, 1.165) is 5.56 Å². The average molecular weight is 488 g/mol. The van der Waals surface area contributed by atoms with E-state index in [1.807, 2.05) is 30.3 Å². The van der Waals surface area contributed by atoms with Crippen LogP contribution in [0.25, 0.3) is 0 Å². The summed E-state index contributed by atoms with van der Waals surface area (Å²) >= 11 is 0. The van der Waals surface area contributed by atoms with Gasteiger partial charge < -0.3 is 24.7 Å². The Balaban J connectivity index is 1.66. The summed E-state index contributed by atoms with van der Waals surface area (Å²) in [6, 6.07) is 12.1. The number of amides is 2. The van der Waals surface area contributed by atoms with Crippen LogP contribution in [-0.2, 0) is 22.4 Å². The Labute approximate surface area is 199 Å². The van der Waals surface area contributed by atoms with E-state index in [9.17, 15) is 22.8 Å². The lowest BCUT2D eigenvalue weighted by atomic mass is 9.95. The van der Waals surface area contributed by atoms with Gasteiger partial charge in [0.2, 0.25) is 0 Å². The normalized spacial score (nSPS) is 16.2. The number of aromatic nitrogens is 2. The van der Waals surface area contributed by atoms with E-state index in [0.29, 0.717) is 17.8 Å². The molecule has 2 atom stereocenters. The Hall–Kier alpha value is -4.02. The Morgan fingerprint density at radius 2 is 1.89 bits per heavy atom. The quantitative estimate of drug-likeness (QED) is 0.516. The summed E-state index contributed by atoms with van der Waals surface area (Å²) in [6.45, 7) is 0.172. The van der Waals surface area contributed by atoms with Gasteiger partial charge in [-0.2, -0.15) is 0 Å². The maximum atomic E-state index is 13.4. The molecule has 0 saturated heterocycles. The van der Waals surface area contributed by atoms with Crippen molar-refractivity contribution in [3.8, 4) is 5.75 Å². The first kappa shape index (κ1) is 24.1. The summed E-state index contributed by atoms with van der Waals surface area (Å²) in [5.74, 6) is -1.08. The number of H-pyrrole nitrogens is 1. The highest BCUT2D eigenvalue weighted by Gasteiger charge is 2.39. The fourth-order valence-corrected chi connectivity index (χ4v) is 4.15. The molecule has 0 unspecified atom stereocenters. The van der Waals surface area contributed by atoms with Crippen molar-refractivity contribution in [2.75, 3.05) is 13.7 Å². The molecule has 2 heterocycles. The Morgan fingerprint density at radius 3 is 2.60 bits per heavy atom. The maximum Gasteiger partial charge on any atom is 0.573 e. The number of carbonyl (C=O) groups is 2. The zero-order valence-corrected chi connectivity index (χ0v) is 18.7. The smallest absolute Gasteiger partial charge is 0.467 e. The molecule has 0 fully saturated rings. The van der Waals surface area contributed by atoms with Crippen molar-refractivity contribution >= 4 is 12.0 Å². The highest BCUT2D eigenvalue weighted by Crippen LogP contribution is 2.39. The highest BCUT2D eigenvalue weighted by molar-refractivity contribution is 5.84. The Morgan fingerprint density at radius 1 is 1.17 bits per heavy atom. The third kappa shape index (κ3) is 5.56. The summed E-state index contributed by atoms with van der Waals surface area (Å²) in [4.78, 5) is 34.5. The Bertz CT molecular complexity index is 1180. The number of hydrogen-bond acceptors (Lipinski definition) is 5. The molecule has 0 radical (unpaired) electrons. The van der Waals surface area contributed by atoms with E-state index in [-0.39, 0.29) is 18.5 Å². The monoisotopic (exact) mass is 488 g/mol. The minimum Gasteiger partial charge on any atom is -0.467 e. The molecule has 11 heteroatoms. The van der Waals surface area contributed by atoms with Crippen molar-refractivity contribution in [2.45, 2.75) is 31.3 Å². The number of methoxy groups -OCH3 is 1. The lowest BCUT2D eigenvalue weighted by molar-refractivity contribution is -0.275. The van der Waals surface area contributed by atoms with Crippen LogP contribution in [-0.4, -0.2) is 52.9 Å². The molecule has 1 aliphatic heterocycles. The third-order valence-electron chi connectivity index (χ3n) is 5.69. The van der Waals surface area contributed by atoms with E-state index < -0.39 is 36.2 Å². The molecular weight excluding hydrogens is 465 g/mol. The van der Waals surface area contributed by atoms with Crippen LogP contribution in [0.1, 0.15) is 28.6 Å². The molecule has 0 aliphatic carbocycles. The molecule has 0 spiro atoms. The van der Waals surface area contributed by atoms with E-state index in [4.69, 9.17) is 4.74 Å². The van der Waals surface area contributed by atoms with Crippen molar-refractivity contribution in [1.29, 1.82) is 0 Å². The predicted octanol–water partition coefficient (Wildman–Crippen LogP) is 3.75. The first-order valence-corrected chi connectivity index (χ1v) is 10.8. The molecule has 8 nitrogen and oxygen atoms in total. The van der Waals surface area contributed by atoms with Gasteiger partial charge in [-0.15, -0.1) is 13.2 Å². The second-order valence-electron chi connectivity index (χ2n) is 7.91. The molecule has 4 rings (SSSR count). The van der Waals surface area contributed by atoms with Crippen molar-refractivity contribution in [3.05, 3.63) is 83.4 Å². The zero-order chi connectivity index (χ0) is 25.0. The molecule has 1 aliphatic rings. The van der Waals surface area contributed by atoms with E-state index in [1.165, 1.54) is 36.5 Å². The number of carbonyl (C=O) groups excluding carboxylic acids is 2. The van der Waals surface area contributed by atoms with Crippen molar-refractivity contribution < 1.29 is 32.2 Å². The molecule has 184 valence electrons. The highest BCUT2D eigenvalue weighted by atomic mass is 19.4. The lowest BCUT2D eigenvalue weighted by Crippen LogP contribution is -2.52. The number of halogens is 3. The van der Waals surface area contributed by atoms with Gasteiger partial charge >= 0.3 is 18.4 Å². The number of aromatic amines is 1. The fourth-order valence-electron chi connectivity index (χ4n) is 4.15. The molecule has 2 amide bonds. The zero-order valence-electron chi connectivity index (χ0n) is 18.7. The topological polar surface area (TPSA) is 96.6 Å². The first-order chi connectivity index (χ1) is 16.8. The van der Waals surface area contributed by atoms with Crippen LogP contribution in [0, 0.1) is 0 Å². The number of nitrogens with one attached hydrogen (secondary N) is 2. The number of ether oxygens (including phenoxy) is 2. The predicted molar refractivity (Wildman–Crippen MR) is 118 cm³/mol. The number of imidazole rings is 1. The van der Waals surface area contributed by atoms with Gasteiger partial charge in [0, 0.05) is 30.6 Å². The molecule has 0 saturated carbocycles. The van der Waals surface area contributed by atoms with Gasteiger partial charge in [0.25, 0.3) is 0 Å². The number of urea groups is 1. The average Bonchev–Trinajstić information content (AvgIpc) is 3.31. The summed E-state index contributed by atoms with van der Waals surface area (Å²) in [6.07, 6.45) is -2.90. The fraction of sp³-hybridized carbons (Fsp3) is 0.292.